The predicted octanol–water partition coefficient (Wildman–Crippen LogP) is 2.17. The van der Waals surface area contributed by atoms with Crippen LogP contribution in [0.3, 0.4) is 0 Å². The number of ether oxygens (including phenoxy) is 1. The van der Waals surface area contributed by atoms with Crippen LogP contribution in [0.4, 0.5) is 4.39 Å². The van der Waals surface area contributed by atoms with Crippen molar-refractivity contribution in [1.82, 2.24) is 0 Å². The highest BCUT2D eigenvalue weighted by molar-refractivity contribution is 5.86. The lowest BCUT2D eigenvalue weighted by Gasteiger charge is -1.92. The fourth-order valence-corrected chi connectivity index (χ4v) is 0.830. The first-order valence-corrected chi connectivity index (χ1v) is 3.79. The van der Waals surface area contributed by atoms with E-state index in [2.05, 4.69) is 4.74 Å². The van der Waals surface area contributed by atoms with Gasteiger partial charge in [0.05, 0.1) is 0 Å². The first-order chi connectivity index (χ1) is 6.33. The minimum absolute atomic E-state index is 0.675. The van der Waals surface area contributed by atoms with Crippen LogP contribution in [0.25, 0.3) is 6.08 Å². The zero-order valence-electron chi connectivity index (χ0n) is 6.94. The van der Waals surface area contributed by atoms with Crippen molar-refractivity contribution >= 4 is 12.0 Å². The zero-order valence-corrected chi connectivity index (χ0v) is 6.94. The van der Waals surface area contributed by atoms with Gasteiger partial charge in [-0.3, -0.25) is 0 Å². The summed E-state index contributed by atoms with van der Waals surface area (Å²) in [7, 11) is 0. The quantitative estimate of drug-likeness (QED) is 0.526. The molecule has 0 aliphatic rings. The molecule has 0 radical (unpaired) electrons. The van der Waals surface area contributed by atoms with Crippen LogP contribution in [0, 0.1) is 0 Å². The summed E-state index contributed by atoms with van der Waals surface area (Å²) in [5.41, 5.74) is 0.873. The third kappa shape index (κ3) is 3.51. The molecule has 0 N–H and O–H groups in total. The summed E-state index contributed by atoms with van der Waals surface area (Å²) in [6, 6.07) is 9.23. The van der Waals surface area contributed by atoms with Gasteiger partial charge < -0.3 is 4.74 Å². The Hall–Kier alpha value is -1.64. The molecule has 68 valence electrons. The van der Waals surface area contributed by atoms with Crippen LogP contribution in [0.5, 0.6) is 0 Å². The Balaban J connectivity index is 2.54. The van der Waals surface area contributed by atoms with Gasteiger partial charge in [-0.1, -0.05) is 30.3 Å². The molecule has 1 rings (SSSR count). The molecule has 1 aromatic rings. The minimum Gasteiger partial charge on any atom is -0.431 e. The molecule has 0 amide bonds. The first-order valence-electron chi connectivity index (χ1n) is 3.79. The molecule has 0 aliphatic carbocycles. The largest absolute Gasteiger partial charge is 0.431 e. The van der Waals surface area contributed by atoms with Crippen molar-refractivity contribution in [2.45, 2.75) is 0 Å². The fraction of sp³-hybridized carbons (Fsp3) is 0.100. The minimum atomic E-state index is -1.09. The van der Waals surface area contributed by atoms with E-state index in [1.165, 1.54) is 6.08 Å². The molecule has 0 atom stereocenters. The molecule has 0 saturated heterocycles. The summed E-state index contributed by atoms with van der Waals surface area (Å²) >= 11 is 0. The lowest BCUT2D eigenvalue weighted by molar-refractivity contribution is -0.141. The van der Waals surface area contributed by atoms with E-state index in [4.69, 9.17) is 0 Å². The van der Waals surface area contributed by atoms with Gasteiger partial charge in [-0.2, -0.15) is 0 Å². The highest BCUT2D eigenvalue weighted by atomic mass is 19.1. The number of hydrogen-bond donors (Lipinski definition) is 0. The second-order valence-electron chi connectivity index (χ2n) is 2.32. The van der Waals surface area contributed by atoms with Crippen LogP contribution in [-0.4, -0.2) is 12.8 Å². The Labute approximate surface area is 75.6 Å². The Bertz CT molecular complexity index is 293. The molecule has 0 spiro atoms. The van der Waals surface area contributed by atoms with Gasteiger partial charge in [-0.15, -0.1) is 0 Å². The number of rotatable bonds is 3. The fourth-order valence-electron chi connectivity index (χ4n) is 0.830. The number of alkyl halides is 1. The summed E-state index contributed by atoms with van der Waals surface area (Å²) in [4.78, 5) is 10.7. The van der Waals surface area contributed by atoms with Crippen molar-refractivity contribution in [3.8, 4) is 0 Å². The maximum atomic E-state index is 11.5. The summed E-state index contributed by atoms with van der Waals surface area (Å²) < 4.78 is 15.6. The second-order valence-corrected chi connectivity index (χ2v) is 2.32. The van der Waals surface area contributed by atoms with Gasteiger partial charge in [0, 0.05) is 6.08 Å². The molecule has 1 aromatic carbocycles. The third-order valence-corrected chi connectivity index (χ3v) is 1.41. The Morgan fingerprint density at radius 3 is 2.69 bits per heavy atom. The molecule has 0 bridgehead atoms. The summed E-state index contributed by atoms with van der Waals surface area (Å²) in [6.45, 7) is -1.09. The zero-order chi connectivity index (χ0) is 9.52. The molecule has 0 saturated carbocycles. The molecule has 0 unspecified atom stereocenters. The van der Waals surface area contributed by atoms with E-state index in [9.17, 15) is 9.18 Å². The number of esters is 1. The first kappa shape index (κ1) is 9.45. The maximum Gasteiger partial charge on any atom is 0.333 e. The normalized spacial score (nSPS) is 10.2. The van der Waals surface area contributed by atoms with E-state index in [0.29, 0.717) is 0 Å². The van der Waals surface area contributed by atoms with Crippen molar-refractivity contribution in [2.75, 3.05) is 6.86 Å². The van der Waals surface area contributed by atoms with Crippen LogP contribution in [-0.2, 0) is 9.53 Å². The van der Waals surface area contributed by atoms with Crippen LogP contribution in [0.15, 0.2) is 36.4 Å². The molecule has 0 heterocycles. The van der Waals surface area contributed by atoms with Crippen LogP contribution in [0.1, 0.15) is 5.56 Å². The SMILES string of the molecule is O=C(C=Cc1ccccc1)OCF. The average Bonchev–Trinajstić information content (AvgIpc) is 2.17. The van der Waals surface area contributed by atoms with Gasteiger partial charge in [0.15, 0.2) is 0 Å². The standard InChI is InChI=1S/C10H9FO2/c11-8-13-10(12)7-6-9-4-2-1-3-5-9/h1-7H,8H2. The third-order valence-electron chi connectivity index (χ3n) is 1.41. The van der Waals surface area contributed by atoms with Gasteiger partial charge in [0.25, 0.3) is 0 Å². The van der Waals surface area contributed by atoms with Gasteiger partial charge in [0.1, 0.15) is 0 Å². The highest BCUT2D eigenvalue weighted by Gasteiger charge is 1.93. The van der Waals surface area contributed by atoms with Crippen molar-refractivity contribution < 1.29 is 13.9 Å². The Morgan fingerprint density at radius 2 is 2.08 bits per heavy atom. The van der Waals surface area contributed by atoms with Crippen molar-refractivity contribution in [2.24, 2.45) is 0 Å². The van der Waals surface area contributed by atoms with Gasteiger partial charge >= 0.3 is 5.97 Å². The van der Waals surface area contributed by atoms with E-state index < -0.39 is 12.8 Å². The van der Waals surface area contributed by atoms with E-state index in [1.54, 1.807) is 6.08 Å². The number of hydrogen-bond acceptors (Lipinski definition) is 2. The van der Waals surface area contributed by atoms with Gasteiger partial charge in [0.2, 0.25) is 6.86 Å². The van der Waals surface area contributed by atoms with Gasteiger partial charge in [-0.05, 0) is 11.6 Å². The molecular formula is C10H9FO2. The lowest BCUT2D eigenvalue weighted by Crippen LogP contribution is -1.97. The van der Waals surface area contributed by atoms with E-state index in [1.807, 2.05) is 30.3 Å². The average molecular weight is 180 g/mol. The molecule has 0 fully saturated rings. The molecule has 3 heteroatoms. The number of benzene rings is 1. The van der Waals surface area contributed by atoms with E-state index >= 15 is 0 Å². The van der Waals surface area contributed by atoms with Crippen molar-refractivity contribution in [1.29, 1.82) is 0 Å². The van der Waals surface area contributed by atoms with E-state index in [-0.39, 0.29) is 0 Å². The monoisotopic (exact) mass is 180 g/mol. The Morgan fingerprint density at radius 1 is 1.38 bits per heavy atom. The van der Waals surface area contributed by atoms with Crippen LogP contribution >= 0.6 is 0 Å². The molecular weight excluding hydrogens is 171 g/mol. The van der Waals surface area contributed by atoms with Crippen LogP contribution in [0.2, 0.25) is 0 Å². The maximum absolute atomic E-state index is 11.5. The highest BCUT2D eigenvalue weighted by Crippen LogP contribution is 2.00. The second kappa shape index (κ2) is 5.09. The van der Waals surface area contributed by atoms with Crippen molar-refractivity contribution in [3.63, 3.8) is 0 Å². The smallest absolute Gasteiger partial charge is 0.333 e. The Kier molecular flexibility index (Phi) is 3.70. The molecule has 0 aliphatic heterocycles. The van der Waals surface area contributed by atoms with Gasteiger partial charge in [-0.25, -0.2) is 9.18 Å². The number of carbonyl (C=O) groups is 1. The van der Waals surface area contributed by atoms with E-state index in [0.717, 1.165) is 5.56 Å². The molecule has 2 nitrogen and oxygen atoms in total. The lowest BCUT2D eigenvalue weighted by atomic mass is 10.2. The number of carbonyl (C=O) groups excluding carboxylic acids is 1. The van der Waals surface area contributed by atoms with Crippen LogP contribution < -0.4 is 0 Å². The van der Waals surface area contributed by atoms with Crippen molar-refractivity contribution in [3.05, 3.63) is 42.0 Å². The number of halogens is 1. The topological polar surface area (TPSA) is 26.3 Å². The summed E-state index contributed by atoms with van der Waals surface area (Å²) in [6.07, 6.45) is 2.76. The molecule has 0 aromatic heterocycles. The summed E-state index contributed by atoms with van der Waals surface area (Å²) in [5, 5.41) is 0. The predicted molar refractivity (Wildman–Crippen MR) is 47.5 cm³/mol. The molecule has 13 heavy (non-hydrogen) atoms. The summed E-state index contributed by atoms with van der Waals surface area (Å²) in [5.74, 6) is -0.675.